The Morgan fingerprint density at radius 3 is 2.46 bits per heavy atom. The molecular weight excluding hydrogens is 365 g/mol. The van der Waals surface area contributed by atoms with Gasteiger partial charge in [-0.2, -0.15) is 13.2 Å². The predicted molar refractivity (Wildman–Crippen MR) is 96.2 cm³/mol. The summed E-state index contributed by atoms with van der Waals surface area (Å²) in [5.41, 5.74) is -0.217. The summed E-state index contributed by atoms with van der Waals surface area (Å²) >= 11 is 6.05. The average Bonchev–Trinajstić information content (AvgIpc) is 2.62. The molecule has 0 atom stereocenters. The van der Waals surface area contributed by atoms with Gasteiger partial charge in [-0.05, 0) is 50.4 Å². The number of nitrogens with one attached hydrogen (secondary N) is 2. The molecule has 8 heteroatoms. The Kier molecular flexibility index (Phi) is 5.98. The maximum absolute atomic E-state index is 12.7. The number of aromatic nitrogens is 2. The molecule has 0 saturated carbocycles. The van der Waals surface area contributed by atoms with E-state index in [1.165, 1.54) is 25.0 Å². The van der Waals surface area contributed by atoms with E-state index in [1.807, 2.05) is 0 Å². The standard InChI is InChI=1S/C18H20ClF3N4/c19-15-11-16(24-10-7-12-5-8-23-9-6-12)26-17(25-15)13-1-3-14(4-2-13)18(20,21)22/h1-4,11-12,23H,5-10H2,(H,24,25,26). The van der Waals surface area contributed by atoms with Gasteiger partial charge in [-0.15, -0.1) is 0 Å². The van der Waals surface area contributed by atoms with Crippen molar-refractivity contribution in [1.82, 2.24) is 15.3 Å². The lowest BCUT2D eigenvalue weighted by Crippen LogP contribution is -2.28. The Hall–Kier alpha value is -1.86. The zero-order valence-electron chi connectivity index (χ0n) is 14.1. The maximum atomic E-state index is 12.7. The molecule has 0 unspecified atom stereocenters. The minimum atomic E-state index is -4.37. The molecule has 4 nitrogen and oxygen atoms in total. The highest BCUT2D eigenvalue weighted by atomic mass is 35.5. The van der Waals surface area contributed by atoms with Crippen molar-refractivity contribution in [1.29, 1.82) is 0 Å². The highest BCUT2D eigenvalue weighted by molar-refractivity contribution is 6.29. The lowest BCUT2D eigenvalue weighted by Gasteiger charge is -2.22. The number of rotatable bonds is 5. The van der Waals surface area contributed by atoms with Crippen molar-refractivity contribution < 1.29 is 13.2 Å². The first-order valence-electron chi connectivity index (χ1n) is 8.58. The molecule has 1 aliphatic heterocycles. The Morgan fingerprint density at radius 1 is 1.12 bits per heavy atom. The Bertz CT molecular complexity index is 728. The van der Waals surface area contributed by atoms with Crippen LogP contribution in [-0.4, -0.2) is 29.6 Å². The van der Waals surface area contributed by atoms with Crippen LogP contribution in [-0.2, 0) is 6.18 Å². The van der Waals surface area contributed by atoms with Crippen molar-refractivity contribution in [3.63, 3.8) is 0 Å². The summed E-state index contributed by atoms with van der Waals surface area (Å²) < 4.78 is 38.0. The fraction of sp³-hybridized carbons (Fsp3) is 0.444. The smallest absolute Gasteiger partial charge is 0.370 e. The van der Waals surface area contributed by atoms with Crippen molar-refractivity contribution >= 4 is 17.4 Å². The molecule has 1 aliphatic rings. The quantitative estimate of drug-likeness (QED) is 0.739. The second kappa shape index (κ2) is 8.22. The van der Waals surface area contributed by atoms with Gasteiger partial charge in [0.05, 0.1) is 5.56 Å². The second-order valence-electron chi connectivity index (χ2n) is 6.38. The third-order valence-corrected chi connectivity index (χ3v) is 4.68. The molecule has 0 amide bonds. The van der Waals surface area contributed by atoms with Crippen molar-refractivity contribution in [2.75, 3.05) is 25.0 Å². The molecule has 0 bridgehead atoms. The van der Waals surface area contributed by atoms with Crippen LogP contribution in [0.25, 0.3) is 11.4 Å². The minimum Gasteiger partial charge on any atom is -0.370 e. The van der Waals surface area contributed by atoms with Crippen LogP contribution in [0.4, 0.5) is 19.0 Å². The second-order valence-corrected chi connectivity index (χ2v) is 6.77. The molecule has 26 heavy (non-hydrogen) atoms. The summed E-state index contributed by atoms with van der Waals surface area (Å²) in [5, 5.41) is 6.83. The molecule has 2 N–H and O–H groups in total. The molecule has 140 valence electrons. The Labute approximate surface area is 155 Å². The fourth-order valence-corrected chi connectivity index (χ4v) is 3.20. The molecule has 1 fully saturated rings. The number of hydrogen-bond donors (Lipinski definition) is 2. The summed E-state index contributed by atoms with van der Waals surface area (Å²) in [4.78, 5) is 8.50. The first-order chi connectivity index (χ1) is 12.4. The van der Waals surface area contributed by atoms with E-state index >= 15 is 0 Å². The molecule has 0 spiro atoms. The number of nitrogens with zero attached hydrogens (tertiary/aromatic N) is 2. The fourth-order valence-electron chi connectivity index (χ4n) is 3.02. The third kappa shape index (κ3) is 5.08. The van der Waals surface area contributed by atoms with Crippen molar-refractivity contribution in [3.05, 3.63) is 41.0 Å². The van der Waals surface area contributed by atoms with Crippen molar-refractivity contribution in [2.24, 2.45) is 5.92 Å². The first kappa shape index (κ1) is 18.9. The van der Waals surface area contributed by atoms with Gasteiger partial charge in [0.25, 0.3) is 0 Å². The van der Waals surface area contributed by atoms with Crippen molar-refractivity contribution in [3.8, 4) is 11.4 Å². The molecular formula is C18H20ClF3N4. The number of halogens is 4. The van der Waals surface area contributed by atoms with E-state index in [4.69, 9.17) is 11.6 Å². The molecule has 1 aromatic heterocycles. The van der Waals surface area contributed by atoms with Crippen LogP contribution in [0.1, 0.15) is 24.8 Å². The van der Waals surface area contributed by atoms with E-state index in [-0.39, 0.29) is 5.15 Å². The van der Waals surface area contributed by atoms with Crippen LogP contribution in [0.15, 0.2) is 30.3 Å². The summed E-state index contributed by atoms with van der Waals surface area (Å²) in [6.07, 6.45) is -0.986. The van der Waals surface area contributed by atoms with Crippen LogP contribution >= 0.6 is 11.6 Å². The van der Waals surface area contributed by atoms with E-state index in [9.17, 15) is 13.2 Å². The summed E-state index contributed by atoms with van der Waals surface area (Å²) in [7, 11) is 0. The van der Waals surface area contributed by atoms with E-state index in [0.717, 1.165) is 38.2 Å². The zero-order chi connectivity index (χ0) is 18.6. The Balaban J connectivity index is 1.67. The highest BCUT2D eigenvalue weighted by Gasteiger charge is 2.30. The predicted octanol–water partition coefficient (Wildman–Crippen LogP) is 4.62. The van der Waals surface area contributed by atoms with Gasteiger partial charge in [0.2, 0.25) is 0 Å². The molecule has 3 rings (SSSR count). The van der Waals surface area contributed by atoms with Gasteiger partial charge in [0, 0.05) is 18.2 Å². The van der Waals surface area contributed by atoms with Crippen LogP contribution in [0.2, 0.25) is 5.15 Å². The average molecular weight is 385 g/mol. The lowest BCUT2D eigenvalue weighted by molar-refractivity contribution is -0.137. The number of benzene rings is 1. The maximum Gasteiger partial charge on any atom is 0.416 e. The Morgan fingerprint density at radius 2 is 1.81 bits per heavy atom. The molecule has 2 aromatic rings. The molecule has 2 heterocycles. The van der Waals surface area contributed by atoms with Gasteiger partial charge in [-0.1, -0.05) is 23.7 Å². The normalized spacial score (nSPS) is 15.8. The number of piperidine rings is 1. The van der Waals surface area contributed by atoms with Crippen molar-refractivity contribution in [2.45, 2.75) is 25.4 Å². The zero-order valence-corrected chi connectivity index (χ0v) is 14.9. The van der Waals surface area contributed by atoms with E-state index < -0.39 is 11.7 Å². The van der Waals surface area contributed by atoms with Gasteiger partial charge >= 0.3 is 6.18 Å². The van der Waals surface area contributed by atoms with Gasteiger partial charge in [0.15, 0.2) is 5.82 Å². The number of alkyl halides is 3. The molecule has 0 aliphatic carbocycles. The highest BCUT2D eigenvalue weighted by Crippen LogP contribution is 2.30. The molecule has 1 saturated heterocycles. The van der Waals surface area contributed by atoms with E-state index in [1.54, 1.807) is 6.07 Å². The van der Waals surface area contributed by atoms with Gasteiger partial charge in [-0.25, -0.2) is 9.97 Å². The van der Waals surface area contributed by atoms with Crippen LogP contribution in [0, 0.1) is 5.92 Å². The lowest BCUT2D eigenvalue weighted by atomic mass is 9.95. The van der Waals surface area contributed by atoms with Crippen LogP contribution in [0.5, 0.6) is 0 Å². The molecule has 1 aromatic carbocycles. The third-order valence-electron chi connectivity index (χ3n) is 4.48. The van der Waals surface area contributed by atoms with Gasteiger partial charge in [-0.3, -0.25) is 0 Å². The first-order valence-corrected chi connectivity index (χ1v) is 8.96. The largest absolute Gasteiger partial charge is 0.416 e. The van der Waals surface area contributed by atoms with E-state index in [2.05, 4.69) is 20.6 Å². The minimum absolute atomic E-state index is 0.249. The van der Waals surface area contributed by atoms with Gasteiger partial charge in [0.1, 0.15) is 11.0 Å². The van der Waals surface area contributed by atoms with Gasteiger partial charge < -0.3 is 10.6 Å². The number of hydrogen-bond acceptors (Lipinski definition) is 4. The van der Waals surface area contributed by atoms with E-state index in [0.29, 0.717) is 23.1 Å². The number of anilines is 1. The molecule has 0 radical (unpaired) electrons. The SMILES string of the molecule is FC(F)(F)c1ccc(-c2nc(Cl)cc(NCCC3CCNCC3)n2)cc1. The summed E-state index contributed by atoms with van der Waals surface area (Å²) in [6, 6.07) is 6.37. The topological polar surface area (TPSA) is 49.8 Å². The summed E-state index contributed by atoms with van der Waals surface area (Å²) in [6.45, 7) is 2.88. The van der Waals surface area contributed by atoms with Crippen LogP contribution < -0.4 is 10.6 Å². The van der Waals surface area contributed by atoms with Crippen LogP contribution in [0.3, 0.4) is 0 Å². The summed E-state index contributed by atoms with van der Waals surface area (Å²) in [5.74, 6) is 1.57. The monoisotopic (exact) mass is 384 g/mol.